The van der Waals surface area contributed by atoms with Gasteiger partial charge >= 0.3 is 0 Å². The second-order valence-corrected chi connectivity index (χ2v) is 6.89. The Hall–Kier alpha value is -2.68. The Morgan fingerprint density at radius 3 is 2.00 bits per heavy atom. The first kappa shape index (κ1) is 13.7. The van der Waals surface area contributed by atoms with E-state index in [9.17, 15) is 9.59 Å². The molecule has 1 saturated heterocycles. The van der Waals surface area contributed by atoms with Crippen LogP contribution in [0.4, 0.5) is 5.69 Å². The van der Waals surface area contributed by atoms with Crippen molar-refractivity contribution in [3.63, 3.8) is 0 Å². The van der Waals surface area contributed by atoms with E-state index in [2.05, 4.69) is 12.2 Å². The molecule has 2 aliphatic carbocycles. The highest BCUT2D eigenvalue weighted by molar-refractivity contribution is 6.24. The Morgan fingerprint density at radius 2 is 1.33 bits per heavy atom. The fourth-order valence-corrected chi connectivity index (χ4v) is 4.67. The van der Waals surface area contributed by atoms with Crippen LogP contribution in [0.25, 0.3) is 11.1 Å². The summed E-state index contributed by atoms with van der Waals surface area (Å²) in [6.45, 7) is 0. The number of hydrogen-bond donors (Lipinski definition) is 0. The zero-order valence-corrected chi connectivity index (χ0v) is 13.1. The lowest BCUT2D eigenvalue weighted by atomic mass is 9.85. The molecular formula is C21H17NO2. The monoisotopic (exact) mass is 315 g/mol. The molecule has 2 aromatic rings. The molecule has 24 heavy (non-hydrogen) atoms. The maximum Gasteiger partial charge on any atom is 0.238 e. The van der Waals surface area contributed by atoms with Crippen molar-refractivity contribution in [2.24, 2.45) is 23.7 Å². The van der Waals surface area contributed by atoms with Crippen LogP contribution in [0.3, 0.4) is 0 Å². The van der Waals surface area contributed by atoms with Crippen molar-refractivity contribution in [3.8, 4) is 11.1 Å². The minimum absolute atomic E-state index is 0.0229. The summed E-state index contributed by atoms with van der Waals surface area (Å²) < 4.78 is 0. The van der Waals surface area contributed by atoms with Gasteiger partial charge in [-0.15, -0.1) is 0 Å². The lowest BCUT2D eigenvalue weighted by molar-refractivity contribution is -0.123. The molecule has 0 radical (unpaired) electrons. The maximum absolute atomic E-state index is 13.0. The average molecular weight is 315 g/mol. The Morgan fingerprint density at radius 1 is 0.750 bits per heavy atom. The number of imide groups is 1. The van der Waals surface area contributed by atoms with Gasteiger partial charge in [-0.2, -0.15) is 0 Å². The van der Waals surface area contributed by atoms with Crippen LogP contribution >= 0.6 is 0 Å². The highest BCUT2D eigenvalue weighted by Crippen LogP contribution is 2.53. The summed E-state index contributed by atoms with van der Waals surface area (Å²) in [5.74, 6) is 0.124. The highest BCUT2D eigenvalue weighted by Gasteiger charge is 2.59. The minimum Gasteiger partial charge on any atom is -0.274 e. The molecule has 0 aromatic heterocycles. The summed E-state index contributed by atoms with van der Waals surface area (Å²) in [5, 5.41) is 0. The molecular weight excluding hydrogens is 298 g/mol. The first-order chi connectivity index (χ1) is 11.8. The van der Waals surface area contributed by atoms with Crippen molar-refractivity contribution in [1.82, 2.24) is 0 Å². The van der Waals surface area contributed by atoms with Gasteiger partial charge in [0.2, 0.25) is 11.8 Å². The average Bonchev–Trinajstić information content (AvgIpc) is 3.30. The number of carbonyl (C=O) groups excluding carboxylic acids is 2. The number of carbonyl (C=O) groups is 2. The molecule has 1 heterocycles. The van der Waals surface area contributed by atoms with Crippen LogP contribution in [0.5, 0.6) is 0 Å². The molecule has 2 fully saturated rings. The second-order valence-electron chi connectivity index (χ2n) is 6.89. The number of amides is 2. The molecule has 0 unspecified atom stereocenters. The van der Waals surface area contributed by atoms with Crippen molar-refractivity contribution < 1.29 is 9.59 Å². The van der Waals surface area contributed by atoms with E-state index >= 15 is 0 Å². The predicted octanol–water partition coefficient (Wildman–Crippen LogP) is 3.67. The number of anilines is 1. The minimum atomic E-state index is -0.156. The molecule has 3 nitrogen and oxygen atoms in total. The third kappa shape index (κ3) is 1.72. The lowest BCUT2D eigenvalue weighted by Crippen LogP contribution is -2.33. The summed E-state index contributed by atoms with van der Waals surface area (Å²) in [6, 6.07) is 17.6. The van der Waals surface area contributed by atoms with E-state index in [1.54, 1.807) is 0 Å². The Kier molecular flexibility index (Phi) is 2.81. The third-order valence-electron chi connectivity index (χ3n) is 5.70. The first-order valence-electron chi connectivity index (χ1n) is 8.46. The largest absolute Gasteiger partial charge is 0.274 e. The molecule has 3 heteroatoms. The van der Waals surface area contributed by atoms with E-state index in [-0.39, 0.29) is 35.5 Å². The topological polar surface area (TPSA) is 37.4 Å². The lowest BCUT2D eigenvalue weighted by Gasteiger charge is -2.20. The van der Waals surface area contributed by atoms with Gasteiger partial charge in [0.25, 0.3) is 0 Å². The zero-order chi connectivity index (χ0) is 16.3. The van der Waals surface area contributed by atoms with E-state index in [1.807, 2.05) is 54.6 Å². The van der Waals surface area contributed by atoms with Gasteiger partial charge in [0.15, 0.2) is 0 Å². The zero-order valence-electron chi connectivity index (χ0n) is 13.1. The van der Waals surface area contributed by atoms with E-state index in [1.165, 1.54) is 4.90 Å². The molecule has 1 aliphatic heterocycles. The summed E-state index contributed by atoms with van der Waals surface area (Å²) in [7, 11) is 0. The van der Waals surface area contributed by atoms with Crippen molar-refractivity contribution in [2.45, 2.75) is 6.42 Å². The molecule has 2 aromatic carbocycles. The van der Waals surface area contributed by atoms with Gasteiger partial charge in [0.05, 0.1) is 17.5 Å². The van der Waals surface area contributed by atoms with Crippen LogP contribution in [0.1, 0.15) is 6.42 Å². The SMILES string of the molecule is O=C1[C@H]2[C@H](C(=O)N1c1ccccc1-c1ccccc1)[C@H]1C=C[C@H]2C1. The normalized spacial score (nSPS) is 30.2. The van der Waals surface area contributed by atoms with Gasteiger partial charge in [-0.25, -0.2) is 4.90 Å². The smallest absolute Gasteiger partial charge is 0.238 e. The van der Waals surface area contributed by atoms with E-state index < -0.39 is 0 Å². The first-order valence-corrected chi connectivity index (χ1v) is 8.46. The fourth-order valence-electron chi connectivity index (χ4n) is 4.67. The van der Waals surface area contributed by atoms with Crippen LogP contribution in [0, 0.1) is 23.7 Å². The molecule has 5 rings (SSSR count). The van der Waals surface area contributed by atoms with Crippen molar-refractivity contribution in [3.05, 3.63) is 66.7 Å². The van der Waals surface area contributed by atoms with E-state index in [0.717, 1.165) is 17.5 Å². The molecule has 2 amide bonds. The van der Waals surface area contributed by atoms with E-state index in [4.69, 9.17) is 0 Å². The summed E-state index contributed by atoms with van der Waals surface area (Å²) in [6.07, 6.45) is 5.22. The van der Waals surface area contributed by atoms with Crippen LogP contribution < -0.4 is 4.90 Å². The number of hydrogen-bond acceptors (Lipinski definition) is 2. The van der Waals surface area contributed by atoms with Gasteiger partial charge in [-0.05, 0) is 29.9 Å². The summed E-state index contributed by atoms with van der Waals surface area (Å²) in [5.41, 5.74) is 2.67. The van der Waals surface area contributed by atoms with Crippen LogP contribution in [0.15, 0.2) is 66.7 Å². The number of fused-ring (bicyclic) bond motifs is 5. The van der Waals surface area contributed by atoms with Crippen LogP contribution in [0.2, 0.25) is 0 Å². The van der Waals surface area contributed by atoms with Gasteiger partial charge in [-0.3, -0.25) is 9.59 Å². The van der Waals surface area contributed by atoms with Crippen LogP contribution in [-0.4, -0.2) is 11.8 Å². The molecule has 3 aliphatic rings. The number of allylic oxidation sites excluding steroid dienone is 2. The Bertz CT molecular complexity index is 840. The number of benzene rings is 2. The van der Waals surface area contributed by atoms with Gasteiger partial charge in [0.1, 0.15) is 0 Å². The van der Waals surface area contributed by atoms with Gasteiger partial charge < -0.3 is 0 Å². The standard InChI is InChI=1S/C21H17NO2/c23-20-18-14-10-11-15(12-14)19(18)21(24)22(20)17-9-5-4-8-16(17)13-6-2-1-3-7-13/h1-11,14-15,18-19H,12H2/t14-,15-,18+,19+/m0/s1. The number of nitrogens with zero attached hydrogens (tertiary/aromatic N) is 1. The quantitative estimate of drug-likeness (QED) is 0.626. The molecule has 4 atom stereocenters. The highest BCUT2D eigenvalue weighted by atomic mass is 16.2. The fraction of sp³-hybridized carbons (Fsp3) is 0.238. The van der Waals surface area contributed by atoms with Crippen molar-refractivity contribution in [1.29, 1.82) is 0 Å². The third-order valence-corrected chi connectivity index (χ3v) is 5.70. The Balaban J connectivity index is 1.61. The molecule has 118 valence electrons. The van der Waals surface area contributed by atoms with Gasteiger partial charge in [0, 0.05) is 5.56 Å². The van der Waals surface area contributed by atoms with Crippen LogP contribution in [-0.2, 0) is 9.59 Å². The molecule has 0 N–H and O–H groups in total. The number of para-hydroxylation sites is 1. The van der Waals surface area contributed by atoms with Gasteiger partial charge in [-0.1, -0.05) is 60.7 Å². The molecule has 2 bridgehead atoms. The molecule has 1 saturated carbocycles. The maximum atomic E-state index is 13.0. The predicted molar refractivity (Wildman–Crippen MR) is 92.1 cm³/mol. The summed E-state index contributed by atoms with van der Waals surface area (Å²) in [4.78, 5) is 27.5. The number of rotatable bonds is 2. The van der Waals surface area contributed by atoms with E-state index in [0.29, 0.717) is 5.69 Å². The second kappa shape index (κ2) is 4.91. The van der Waals surface area contributed by atoms with Crippen molar-refractivity contribution >= 4 is 17.5 Å². The van der Waals surface area contributed by atoms with Crippen molar-refractivity contribution in [2.75, 3.05) is 4.90 Å². The molecule has 0 spiro atoms. The summed E-state index contributed by atoms with van der Waals surface area (Å²) >= 11 is 0. The Labute approximate surface area is 140 Å².